The van der Waals surface area contributed by atoms with E-state index in [2.05, 4.69) is 5.32 Å². The van der Waals surface area contributed by atoms with E-state index in [9.17, 15) is 23.1 Å². The summed E-state index contributed by atoms with van der Waals surface area (Å²) < 4.78 is 40.8. The van der Waals surface area contributed by atoms with Gasteiger partial charge in [0.25, 0.3) is 0 Å². The van der Waals surface area contributed by atoms with Crippen LogP contribution in [0.25, 0.3) is 21.5 Å². The second-order valence-corrected chi connectivity index (χ2v) is 9.99. The summed E-state index contributed by atoms with van der Waals surface area (Å²) in [7, 11) is 0. The van der Waals surface area contributed by atoms with Gasteiger partial charge in [0.2, 0.25) is 0 Å². The monoisotopic (exact) mass is 527 g/mol. The number of aliphatic hydroxyl groups is 1. The van der Waals surface area contributed by atoms with Gasteiger partial charge in [-0.1, -0.05) is 109 Å². The van der Waals surface area contributed by atoms with Gasteiger partial charge in [-0.25, -0.2) is 0 Å². The normalized spacial score (nSPS) is 12.9. The Hall–Kier alpha value is -4.16. The molecule has 0 radical (unpaired) electrons. The standard InChI is InChI=1S/C33H28F3NO2/c1-22-10-2-5-17-27(22)30(37-31(38)33(34,35)36)32(39,20-25-15-8-13-23-11-3-6-18-28(23)25)21-26-16-9-14-24-12-4-7-19-29(24)26/h2-19,30,39H,20-21H2,1H3,(H,37,38). The highest BCUT2D eigenvalue weighted by atomic mass is 19.4. The van der Waals surface area contributed by atoms with Gasteiger partial charge in [-0.2, -0.15) is 13.2 Å². The van der Waals surface area contributed by atoms with Crippen LogP contribution in [-0.2, 0) is 17.6 Å². The van der Waals surface area contributed by atoms with Crippen molar-refractivity contribution >= 4 is 27.5 Å². The van der Waals surface area contributed by atoms with E-state index in [0.717, 1.165) is 32.7 Å². The summed E-state index contributed by atoms with van der Waals surface area (Å²) in [5, 5.41) is 18.5. The van der Waals surface area contributed by atoms with Crippen molar-refractivity contribution in [2.24, 2.45) is 0 Å². The lowest BCUT2D eigenvalue weighted by Crippen LogP contribution is -2.52. The molecule has 0 aromatic heterocycles. The molecule has 3 nitrogen and oxygen atoms in total. The largest absolute Gasteiger partial charge is 0.471 e. The van der Waals surface area contributed by atoms with Crippen LogP contribution in [0.1, 0.15) is 28.3 Å². The summed E-state index contributed by atoms with van der Waals surface area (Å²) in [6.07, 6.45) is -5.09. The molecule has 5 aromatic carbocycles. The van der Waals surface area contributed by atoms with Gasteiger partial charge in [0, 0.05) is 12.8 Å². The number of alkyl halides is 3. The Bertz CT molecular complexity index is 1550. The minimum atomic E-state index is -5.11. The fourth-order valence-corrected chi connectivity index (χ4v) is 5.44. The second-order valence-electron chi connectivity index (χ2n) is 9.99. The van der Waals surface area contributed by atoms with E-state index in [4.69, 9.17) is 0 Å². The smallest absolute Gasteiger partial charge is 0.387 e. The van der Waals surface area contributed by atoms with Gasteiger partial charge in [0.15, 0.2) is 0 Å². The van der Waals surface area contributed by atoms with Crippen LogP contribution in [0, 0.1) is 6.92 Å². The second kappa shape index (κ2) is 10.5. The summed E-state index contributed by atoms with van der Waals surface area (Å²) in [6, 6.07) is 32.3. The maximum absolute atomic E-state index is 13.6. The number of amides is 1. The number of nitrogens with one attached hydrogen (secondary N) is 1. The van der Waals surface area contributed by atoms with Crippen molar-refractivity contribution in [2.45, 2.75) is 37.6 Å². The van der Waals surface area contributed by atoms with Crippen molar-refractivity contribution in [3.63, 3.8) is 0 Å². The van der Waals surface area contributed by atoms with Crippen LogP contribution in [0.3, 0.4) is 0 Å². The molecule has 5 aromatic rings. The maximum Gasteiger partial charge on any atom is 0.471 e. The minimum Gasteiger partial charge on any atom is -0.387 e. The fourth-order valence-electron chi connectivity index (χ4n) is 5.44. The van der Waals surface area contributed by atoms with Crippen molar-refractivity contribution in [3.05, 3.63) is 131 Å². The first kappa shape index (κ1) is 26.4. The molecule has 1 atom stereocenters. The van der Waals surface area contributed by atoms with Gasteiger partial charge in [-0.05, 0) is 50.7 Å². The topological polar surface area (TPSA) is 49.3 Å². The predicted molar refractivity (Wildman–Crippen MR) is 148 cm³/mol. The van der Waals surface area contributed by atoms with Crippen LogP contribution in [-0.4, -0.2) is 22.8 Å². The molecule has 1 amide bonds. The van der Waals surface area contributed by atoms with Crippen LogP contribution in [0.2, 0.25) is 0 Å². The van der Waals surface area contributed by atoms with Gasteiger partial charge < -0.3 is 10.4 Å². The summed E-state index contributed by atoms with van der Waals surface area (Å²) in [5.74, 6) is -2.09. The SMILES string of the molecule is Cc1ccccc1C(NC(=O)C(F)(F)F)C(O)(Cc1cccc2ccccc12)Cc1cccc2ccccc12. The predicted octanol–water partition coefficient (Wildman–Crippen LogP) is 7.24. The molecular formula is C33H28F3NO2. The van der Waals surface area contributed by atoms with Gasteiger partial charge in [-0.3, -0.25) is 4.79 Å². The zero-order valence-electron chi connectivity index (χ0n) is 21.4. The van der Waals surface area contributed by atoms with Crippen molar-refractivity contribution < 1.29 is 23.1 Å². The molecule has 0 bridgehead atoms. The first-order valence-corrected chi connectivity index (χ1v) is 12.7. The molecule has 0 aliphatic heterocycles. The number of carbonyl (C=O) groups is 1. The molecule has 0 heterocycles. The third-order valence-electron chi connectivity index (χ3n) is 7.32. The van der Waals surface area contributed by atoms with Gasteiger partial charge in [0.1, 0.15) is 0 Å². The van der Waals surface area contributed by atoms with Crippen LogP contribution in [0.4, 0.5) is 13.2 Å². The lowest BCUT2D eigenvalue weighted by molar-refractivity contribution is -0.176. The van der Waals surface area contributed by atoms with Crippen molar-refractivity contribution in [1.82, 2.24) is 5.32 Å². The van der Waals surface area contributed by atoms with Crippen molar-refractivity contribution in [2.75, 3.05) is 0 Å². The average molecular weight is 528 g/mol. The van der Waals surface area contributed by atoms with Crippen molar-refractivity contribution in [1.29, 1.82) is 0 Å². The fraction of sp³-hybridized carbons (Fsp3) is 0.182. The summed E-state index contributed by atoms with van der Waals surface area (Å²) in [4.78, 5) is 12.4. The Morgan fingerprint density at radius 1 is 0.718 bits per heavy atom. The van der Waals surface area contributed by atoms with E-state index >= 15 is 0 Å². The van der Waals surface area contributed by atoms with Gasteiger partial charge in [-0.15, -0.1) is 0 Å². The van der Waals surface area contributed by atoms with Gasteiger partial charge in [0.05, 0.1) is 11.6 Å². The average Bonchev–Trinajstić information content (AvgIpc) is 2.92. The number of carbonyl (C=O) groups excluding carboxylic acids is 1. The van der Waals surface area contributed by atoms with E-state index in [0.29, 0.717) is 11.1 Å². The number of aryl methyl sites for hydroxylation is 1. The first-order valence-electron chi connectivity index (χ1n) is 12.7. The molecule has 1 unspecified atom stereocenters. The van der Waals surface area contributed by atoms with E-state index < -0.39 is 23.7 Å². The quantitative estimate of drug-likeness (QED) is 0.234. The third-order valence-corrected chi connectivity index (χ3v) is 7.32. The molecule has 198 valence electrons. The van der Waals surface area contributed by atoms with Crippen LogP contribution < -0.4 is 5.32 Å². The molecule has 2 N–H and O–H groups in total. The zero-order valence-corrected chi connectivity index (χ0v) is 21.4. The number of halogens is 3. The Labute approximate surface area is 224 Å². The Morgan fingerprint density at radius 3 is 1.69 bits per heavy atom. The molecule has 0 fully saturated rings. The van der Waals surface area contributed by atoms with E-state index in [1.165, 1.54) is 0 Å². The van der Waals surface area contributed by atoms with E-state index in [1.54, 1.807) is 31.2 Å². The molecular weight excluding hydrogens is 499 g/mol. The Kier molecular flexibility index (Phi) is 7.15. The number of hydrogen-bond donors (Lipinski definition) is 2. The molecule has 0 saturated carbocycles. The minimum absolute atomic E-state index is 0.00864. The molecule has 5 rings (SSSR count). The number of benzene rings is 5. The lowest BCUT2D eigenvalue weighted by atomic mass is 9.76. The molecule has 0 aliphatic carbocycles. The highest BCUT2D eigenvalue weighted by molar-refractivity contribution is 5.87. The van der Waals surface area contributed by atoms with Crippen molar-refractivity contribution in [3.8, 4) is 0 Å². The van der Waals surface area contributed by atoms with Gasteiger partial charge >= 0.3 is 12.1 Å². The van der Waals surface area contributed by atoms with E-state index in [-0.39, 0.29) is 12.8 Å². The number of rotatable bonds is 7. The first-order chi connectivity index (χ1) is 18.7. The van der Waals surface area contributed by atoms with Crippen LogP contribution >= 0.6 is 0 Å². The molecule has 0 aliphatic rings. The van der Waals surface area contributed by atoms with Crippen LogP contribution in [0.5, 0.6) is 0 Å². The summed E-state index contributed by atoms with van der Waals surface area (Å²) >= 11 is 0. The molecule has 0 spiro atoms. The maximum atomic E-state index is 13.6. The zero-order chi connectivity index (χ0) is 27.6. The third kappa shape index (κ3) is 5.52. The number of hydrogen-bond acceptors (Lipinski definition) is 2. The number of fused-ring (bicyclic) bond motifs is 2. The Balaban J connectivity index is 1.71. The highest BCUT2D eigenvalue weighted by Crippen LogP contribution is 2.38. The molecule has 0 saturated heterocycles. The lowest BCUT2D eigenvalue weighted by Gasteiger charge is -2.39. The Morgan fingerprint density at radius 2 is 1.18 bits per heavy atom. The van der Waals surface area contributed by atoms with E-state index in [1.807, 2.05) is 84.9 Å². The summed E-state index contributed by atoms with van der Waals surface area (Å²) in [5.41, 5.74) is 0.824. The highest BCUT2D eigenvalue weighted by Gasteiger charge is 2.46. The van der Waals surface area contributed by atoms with Crippen LogP contribution in [0.15, 0.2) is 109 Å². The summed E-state index contributed by atoms with van der Waals surface area (Å²) in [6.45, 7) is 1.76. The molecule has 6 heteroatoms. The molecule has 39 heavy (non-hydrogen) atoms.